The number of carbonyl (C=O) groups is 2. The molecule has 2 aromatic rings. The van der Waals surface area contributed by atoms with Crippen LogP contribution in [-0.2, 0) is 4.79 Å². The molecule has 1 aliphatic heterocycles. The average molecular weight is 380 g/mol. The van der Waals surface area contributed by atoms with Gasteiger partial charge in [-0.2, -0.15) is 0 Å². The first kappa shape index (κ1) is 19.9. The van der Waals surface area contributed by atoms with Gasteiger partial charge in [0.25, 0.3) is 5.91 Å². The molecule has 0 saturated carbocycles. The molecule has 1 saturated heterocycles. The van der Waals surface area contributed by atoms with Gasteiger partial charge in [-0.1, -0.05) is 49.2 Å². The molecular weight excluding hydrogens is 350 g/mol. The smallest absolute Gasteiger partial charge is 0.251 e. The largest absolute Gasteiger partial charge is 0.376 e. The van der Waals surface area contributed by atoms with Crippen LogP contribution in [0.25, 0.3) is 0 Å². The van der Waals surface area contributed by atoms with Gasteiger partial charge in [-0.3, -0.25) is 9.59 Å². The van der Waals surface area contributed by atoms with E-state index in [4.69, 9.17) is 0 Å². The van der Waals surface area contributed by atoms with Crippen LogP contribution in [-0.4, -0.2) is 36.3 Å². The first-order valence-corrected chi connectivity index (χ1v) is 10.1. The SMILES string of the molecule is CC(NC(=O)c1cccc(NCC(=O)N2CCCCCC2)c1)c1ccccc1. The Bertz CT molecular complexity index is 783. The van der Waals surface area contributed by atoms with E-state index in [1.54, 1.807) is 12.1 Å². The lowest BCUT2D eigenvalue weighted by atomic mass is 10.1. The van der Waals surface area contributed by atoms with Gasteiger partial charge in [0.05, 0.1) is 12.6 Å². The number of hydrogen-bond donors (Lipinski definition) is 2. The third-order valence-electron chi connectivity index (χ3n) is 5.17. The fraction of sp³-hybridized carbons (Fsp3) is 0.391. The molecule has 1 heterocycles. The second-order valence-electron chi connectivity index (χ2n) is 7.34. The number of nitrogens with zero attached hydrogens (tertiary/aromatic N) is 1. The van der Waals surface area contributed by atoms with E-state index in [1.807, 2.05) is 54.3 Å². The second-order valence-corrected chi connectivity index (χ2v) is 7.34. The Hall–Kier alpha value is -2.82. The van der Waals surface area contributed by atoms with Crippen molar-refractivity contribution in [2.45, 2.75) is 38.6 Å². The fourth-order valence-corrected chi connectivity index (χ4v) is 3.48. The van der Waals surface area contributed by atoms with E-state index in [9.17, 15) is 9.59 Å². The van der Waals surface area contributed by atoms with Crippen LogP contribution in [0.3, 0.4) is 0 Å². The lowest BCUT2D eigenvalue weighted by molar-refractivity contribution is -0.129. The molecule has 0 bridgehead atoms. The predicted octanol–water partition coefficient (Wildman–Crippen LogP) is 3.99. The Morgan fingerprint density at radius 1 is 0.964 bits per heavy atom. The average Bonchev–Trinajstić information content (AvgIpc) is 3.02. The van der Waals surface area contributed by atoms with Crippen LogP contribution in [0, 0.1) is 0 Å². The zero-order valence-electron chi connectivity index (χ0n) is 16.5. The Labute approximate surface area is 167 Å². The Morgan fingerprint density at radius 3 is 2.39 bits per heavy atom. The van der Waals surface area contributed by atoms with Gasteiger partial charge in [-0.15, -0.1) is 0 Å². The highest BCUT2D eigenvalue weighted by Crippen LogP contribution is 2.15. The monoisotopic (exact) mass is 379 g/mol. The van der Waals surface area contributed by atoms with Crippen molar-refractivity contribution in [3.8, 4) is 0 Å². The normalized spacial score (nSPS) is 15.4. The first-order chi connectivity index (χ1) is 13.6. The van der Waals surface area contributed by atoms with Crippen molar-refractivity contribution >= 4 is 17.5 Å². The van der Waals surface area contributed by atoms with Gasteiger partial charge in [0.15, 0.2) is 0 Å². The lowest BCUT2D eigenvalue weighted by Crippen LogP contribution is -2.36. The molecule has 1 atom stereocenters. The molecule has 0 spiro atoms. The van der Waals surface area contributed by atoms with Crippen molar-refractivity contribution in [1.82, 2.24) is 10.2 Å². The van der Waals surface area contributed by atoms with Crippen LogP contribution in [0.5, 0.6) is 0 Å². The Balaban J connectivity index is 1.55. The van der Waals surface area contributed by atoms with Crippen LogP contribution >= 0.6 is 0 Å². The van der Waals surface area contributed by atoms with Gasteiger partial charge < -0.3 is 15.5 Å². The van der Waals surface area contributed by atoms with Crippen LogP contribution in [0.1, 0.15) is 54.6 Å². The zero-order chi connectivity index (χ0) is 19.8. The molecule has 1 fully saturated rings. The van der Waals surface area contributed by atoms with Crippen molar-refractivity contribution in [2.75, 3.05) is 25.0 Å². The summed E-state index contributed by atoms with van der Waals surface area (Å²) in [5.41, 5.74) is 2.42. The van der Waals surface area contributed by atoms with Crippen LogP contribution in [0.2, 0.25) is 0 Å². The van der Waals surface area contributed by atoms with Crippen LogP contribution < -0.4 is 10.6 Å². The summed E-state index contributed by atoms with van der Waals surface area (Å²) in [6.07, 6.45) is 4.58. The van der Waals surface area contributed by atoms with Gasteiger partial charge >= 0.3 is 0 Å². The van der Waals surface area contributed by atoms with Gasteiger partial charge in [0.2, 0.25) is 5.91 Å². The minimum atomic E-state index is -0.126. The lowest BCUT2D eigenvalue weighted by Gasteiger charge is -2.21. The molecule has 0 radical (unpaired) electrons. The number of hydrogen-bond acceptors (Lipinski definition) is 3. The maximum Gasteiger partial charge on any atom is 0.251 e. The number of carbonyl (C=O) groups excluding carboxylic acids is 2. The molecule has 0 aliphatic carbocycles. The van der Waals surface area contributed by atoms with Crippen molar-refractivity contribution in [3.05, 3.63) is 65.7 Å². The third kappa shape index (κ3) is 5.59. The number of rotatable bonds is 6. The Morgan fingerprint density at radius 2 is 1.68 bits per heavy atom. The summed E-state index contributed by atoms with van der Waals surface area (Å²) in [5.74, 6) is -0.00620. The van der Waals surface area contributed by atoms with Crippen molar-refractivity contribution < 1.29 is 9.59 Å². The predicted molar refractivity (Wildman–Crippen MR) is 112 cm³/mol. The summed E-state index contributed by atoms with van der Waals surface area (Å²) in [5, 5.41) is 6.19. The van der Waals surface area contributed by atoms with Crippen molar-refractivity contribution in [3.63, 3.8) is 0 Å². The molecule has 0 aromatic heterocycles. The van der Waals surface area contributed by atoms with Crippen LogP contribution in [0.4, 0.5) is 5.69 Å². The zero-order valence-corrected chi connectivity index (χ0v) is 16.5. The molecule has 2 amide bonds. The van der Waals surface area contributed by atoms with E-state index in [1.165, 1.54) is 12.8 Å². The molecule has 28 heavy (non-hydrogen) atoms. The van der Waals surface area contributed by atoms with E-state index < -0.39 is 0 Å². The molecule has 1 aliphatic rings. The molecule has 2 aromatic carbocycles. The van der Waals surface area contributed by atoms with E-state index in [2.05, 4.69) is 10.6 Å². The fourth-order valence-electron chi connectivity index (χ4n) is 3.48. The summed E-state index contributed by atoms with van der Waals surface area (Å²) >= 11 is 0. The molecule has 2 N–H and O–H groups in total. The highest BCUT2D eigenvalue weighted by atomic mass is 16.2. The molecular formula is C23H29N3O2. The summed E-state index contributed by atoms with van der Waals surface area (Å²) in [6, 6.07) is 17.1. The van der Waals surface area contributed by atoms with E-state index >= 15 is 0 Å². The highest BCUT2D eigenvalue weighted by molar-refractivity contribution is 5.95. The number of anilines is 1. The summed E-state index contributed by atoms with van der Waals surface area (Å²) in [7, 11) is 0. The molecule has 1 unspecified atom stereocenters. The molecule has 5 nitrogen and oxygen atoms in total. The maximum absolute atomic E-state index is 12.6. The van der Waals surface area contributed by atoms with Gasteiger partial charge in [0, 0.05) is 24.3 Å². The quantitative estimate of drug-likeness (QED) is 0.798. The summed E-state index contributed by atoms with van der Waals surface area (Å²) in [6.45, 7) is 3.92. The van der Waals surface area contributed by atoms with Crippen molar-refractivity contribution in [2.24, 2.45) is 0 Å². The maximum atomic E-state index is 12.6. The first-order valence-electron chi connectivity index (χ1n) is 10.1. The van der Waals surface area contributed by atoms with E-state index in [-0.39, 0.29) is 24.4 Å². The van der Waals surface area contributed by atoms with E-state index in [0.29, 0.717) is 5.56 Å². The van der Waals surface area contributed by atoms with Crippen molar-refractivity contribution in [1.29, 1.82) is 0 Å². The molecule has 5 heteroatoms. The van der Waals surface area contributed by atoms with E-state index in [0.717, 1.165) is 37.2 Å². The molecule has 3 rings (SSSR count). The Kier molecular flexibility index (Phi) is 7.06. The number of amides is 2. The topological polar surface area (TPSA) is 61.4 Å². The van der Waals surface area contributed by atoms with Gasteiger partial charge in [0.1, 0.15) is 0 Å². The minimum absolute atomic E-state index is 0.0741. The van der Waals surface area contributed by atoms with Crippen LogP contribution in [0.15, 0.2) is 54.6 Å². The van der Waals surface area contributed by atoms with Gasteiger partial charge in [-0.25, -0.2) is 0 Å². The number of likely N-dealkylation sites (tertiary alicyclic amines) is 1. The number of benzene rings is 2. The second kappa shape index (κ2) is 9.93. The standard InChI is InChI=1S/C23H29N3O2/c1-18(19-10-5-4-6-11-19)25-23(28)20-12-9-13-21(16-20)24-17-22(27)26-14-7-2-3-8-15-26/h4-6,9-13,16,18,24H,2-3,7-8,14-15,17H2,1H3,(H,25,28). The third-order valence-corrected chi connectivity index (χ3v) is 5.17. The summed E-state index contributed by atoms with van der Waals surface area (Å²) in [4.78, 5) is 27.0. The minimum Gasteiger partial charge on any atom is -0.376 e. The molecule has 148 valence electrons. The summed E-state index contributed by atoms with van der Waals surface area (Å²) < 4.78 is 0. The highest BCUT2D eigenvalue weighted by Gasteiger charge is 2.16. The van der Waals surface area contributed by atoms with Gasteiger partial charge in [-0.05, 0) is 43.5 Å². The number of nitrogens with one attached hydrogen (secondary N) is 2.